The number of hydrogen-bond acceptors (Lipinski definition) is 5. The number of likely N-dealkylation sites (tertiary alicyclic amines) is 1. The number of rotatable bonds is 5. The van der Waals surface area contributed by atoms with Crippen molar-refractivity contribution in [3.8, 4) is 11.4 Å². The number of β-amino-alcohol motifs (C(OH)–C–C–N with tert-alkyl or cyclic N) is 1. The largest absolute Gasteiger partial charge is 0.392 e. The number of aromatic nitrogens is 3. The van der Waals surface area contributed by atoms with E-state index in [-0.39, 0.29) is 18.5 Å². The monoisotopic (exact) mass is 327 g/mol. The zero-order chi connectivity index (χ0) is 16.5. The zero-order valence-electron chi connectivity index (χ0n) is 13.4. The Kier molecular flexibility index (Phi) is 4.03. The van der Waals surface area contributed by atoms with Gasteiger partial charge in [-0.2, -0.15) is 5.10 Å². The van der Waals surface area contributed by atoms with Crippen LogP contribution in [0.3, 0.4) is 0 Å². The van der Waals surface area contributed by atoms with E-state index in [1.54, 1.807) is 0 Å². The number of aromatic amines is 1. The summed E-state index contributed by atoms with van der Waals surface area (Å²) in [6.07, 6.45) is 2.25. The molecule has 7 nitrogen and oxygen atoms in total. The predicted octanol–water partition coefficient (Wildman–Crippen LogP) is 0.858. The second kappa shape index (κ2) is 6.33. The molecule has 2 aliphatic rings. The Hall–Kier alpha value is -2.25. The highest BCUT2D eigenvalue weighted by atomic mass is 16.3. The number of H-pyrrole nitrogens is 1. The van der Waals surface area contributed by atoms with Crippen molar-refractivity contribution < 1.29 is 9.90 Å². The van der Waals surface area contributed by atoms with Crippen LogP contribution in [-0.4, -0.2) is 56.3 Å². The average Bonchev–Trinajstić information content (AvgIpc) is 3.11. The van der Waals surface area contributed by atoms with Gasteiger partial charge in [-0.05, 0) is 19.3 Å². The van der Waals surface area contributed by atoms with E-state index in [1.807, 2.05) is 35.2 Å². The van der Waals surface area contributed by atoms with Crippen LogP contribution >= 0.6 is 0 Å². The molecule has 1 aromatic carbocycles. The quantitative estimate of drug-likeness (QED) is 0.757. The van der Waals surface area contributed by atoms with Gasteiger partial charge >= 0.3 is 0 Å². The van der Waals surface area contributed by atoms with E-state index in [2.05, 4.69) is 20.5 Å². The topological polar surface area (TPSA) is 94.1 Å². The minimum atomic E-state index is -0.450. The Morgan fingerprint density at radius 1 is 1.33 bits per heavy atom. The van der Waals surface area contributed by atoms with E-state index in [4.69, 9.17) is 0 Å². The number of nitrogens with one attached hydrogen (secondary N) is 2. The number of nitrogens with zero attached hydrogens (tertiary/aromatic N) is 3. The smallest absolute Gasteiger partial charge is 0.234 e. The van der Waals surface area contributed by atoms with Crippen molar-refractivity contribution in [2.75, 3.05) is 13.1 Å². The molecule has 0 spiro atoms. The van der Waals surface area contributed by atoms with Gasteiger partial charge in [0.25, 0.3) is 0 Å². The molecule has 0 radical (unpaired) electrons. The molecule has 24 heavy (non-hydrogen) atoms. The molecule has 0 unspecified atom stereocenters. The Balaban J connectivity index is 1.48. The average molecular weight is 327 g/mol. The van der Waals surface area contributed by atoms with Gasteiger partial charge in [0, 0.05) is 18.2 Å². The Morgan fingerprint density at radius 2 is 2.12 bits per heavy atom. The lowest BCUT2D eigenvalue weighted by molar-refractivity contribution is -0.122. The Morgan fingerprint density at radius 3 is 2.88 bits per heavy atom. The van der Waals surface area contributed by atoms with Crippen molar-refractivity contribution in [3.05, 3.63) is 36.2 Å². The maximum atomic E-state index is 12.1. The number of carbonyl (C=O) groups excluding carboxylic acids is 1. The molecule has 1 aliphatic heterocycles. The summed E-state index contributed by atoms with van der Waals surface area (Å²) in [5.41, 5.74) is 0.941. The fourth-order valence-electron chi connectivity index (χ4n) is 3.16. The molecule has 2 aromatic rings. The second-order valence-electron chi connectivity index (χ2n) is 6.59. The van der Waals surface area contributed by atoms with Gasteiger partial charge in [0.05, 0.1) is 18.7 Å². The van der Waals surface area contributed by atoms with Crippen LogP contribution in [0.25, 0.3) is 11.4 Å². The molecular weight excluding hydrogens is 306 g/mol. The van der Waals surface area contributed by atoms with E-state index in [0.717, 1.165) is 18.4 Å². The molecule has 2 fully saturated rings. The maximum Gasteiger partial charge on any atom is 0.234 e. The molecule has 1 saturated heterocycles. The molecular formula is C17H21N5O2. The van der Waals surface area contributed by atoms with Crippen LogP contribution in [0, 0.1) is 0 Å². The lowest BCUT2D eigenvalue weighted by Crippen LogP contribution is -2.38. The molecule has 0 bridgehead atoms. The van der Waals surface area contributed by atoms with Crippen LogP contribution in [0.1, 0.15) is 31.1 Å². The molecule has 4 rings (SSSR count). The highest BCUT2D eigenvalue weighted by Crippen LogP contribution is 2.31. The molecule has 1 saturated carbocycles. The summed E-state index contributed by atoms with van der Waals surface area (Å²) < 4.78 is 0. The first-order valence-electron chi connectivity index (χ1n) is 8.38. The second-order valence-corrected chi connectivity index (χ2v) is 6.59. The minimum absolute atomic E-state index is 0.0133. The van der Waals surface area contributed by atoms with Crippen molar-refractivity contribution in [1.29, 1.82) is 0 Å². The fourth-order valence-corrected chi connectivity index (χ4v) is 3.16. The van der Waals surface area contributed by atoms with Gasteiger partial charge in [0.2, 0.25) is 5.91 Å². The summed E-state index contributed by atoms with van der Waals surface area (Å²) >= 11 is 0. The van der Waals surface area contributed by atoms with E-state index in [9.17, 15) is 9.90 Å². The number of amides is 1. The van der Waals surface area contributed by atoms with Crippen LogP contribution < -0.4 is 5.32 Å². The first-order valence-corrected chi connectivity index (χ1v) is 8.38. The SMILES string of the molecule is O=C(CN1C[C@H](O)C[C@H]1c1nc(-c2ccccc2)n[nH]1)NC1CC1. The molecule has 2 heterocycles. The van der Waals surface area contributed by atoms with Crippen LogP contribution in [-0.2, 0) is 4.79 Å². The first-order chi connectivity index (χ1) is 11.7. The number of benzene rings is 1. The molecule has 2 atom stereocenters. The molecule has 1 amide bonds. The van der Waals surface area contributed by atoms with Gasteiger partial charge in [-0.15, -0.1) is 0 Å². The summed E-state index contributed by atoms with van der Waals surface area (Å²) in [6, 6.07) is 9.98. The highest BCUT2D eigenvalue weighted by molar-refractivity contribution is 5.78. The third kappa shape index (κ3) is 3.32. The van der Waals surface area contributed by atoms with Gasteiger partial charge in [-0.1, -0.05) is 30.3 Å². The van der Waals surface area contributed by atoms with Gasteiger partial charge in [-0.25, -0.2) is 4.98 Å². The first kappa shape index (κ1) is 15.3. The Bertz CT molecular complexity index is 713. The minimum Gasteiger partial charge on any atom is -0.392 e. The fraction of sp³-hybridized carbons (Fsp3) is 0.471. The Labute approximate surface area is 140 Å². The van der Waals surface area contributed by atoms with Crippen LogP contribution in [0.5, 0.6) is 0 Å². The summed E-state index contributed by atoms with van der Waals surface area (Å²) in [6.45, 7) is 0.754. The van der Waals surface area contributed by atoms with Crippen LogP contribution in [0.2, 0.25) is 0 Å². The van der Waals surface area contributed by atoms with E-state index >= 15 is 0 Å². The lowest BCUT2D eigenvalue weighted by atomic mass is 10.2. The standard InChI is InChI=1S/C17H21N5O2/c23-13-8-14(22(9-13)10-15(24)18-12-6-7-12)17-19-16(20-21-17)11-4-2-1-3-5-11/h1-5,12-14,23H,6-10H2,(H,18,24)(H,19,20,21)/t13-,14+/m1/s1. The molecule has 7 heteroatoms. The molecule has 1 aromatic heterocycles. The predicted molar refractivity (Wildman–Crippen MR) is 87.9 cm³/mol. The number of aliphatic hydroxyl groups is 1. The summed E-state index contributed by atoms with van der Waals surface area (Å²) in [5, 5.41) is 20.3. The third-order valence-electron chi connectivity index (χ3n) is 4.52. The maximum absolute atomic E-state index is 12.1. The van der Waals surface area contributed by atoms with Crippen molar-refractivity contribution >= 4 is 5.91 Å². The van der Waals surface area contributed by atoms with Crippen LogP contribution in [0.4, 0.5) is 0 Å². The normalized spacial score (nSPS) is 24.2. The van der Waals surface area contributed by atoms with E-state index in [0.29, 0.717) is 30.7 Å². The van der Waals surface area contributed by atoms with Gasteiger partial charge in [-0.3, -0.25) is 14.8 Å². The molecule has 1 aliphatic carbocycles. The third-order valence-corrected chi connectivity index (χ3v) is 4.52. The number of carbonyl (C=O) groups is 1. The summed E-state index contributed by atoms with van der Waals surface area (Å²) in [7, 11) is 0. The van der Waals surface area contributed by atoms with Gasteiger partial charge in [0.1, 0.15) is 5.82 Å². The molecule has 126 valence electrons. The summed E-state index contributed by atoms with van der Waals surface area (Å²) in [5.74, 6) is 1.35. The number of hydrogen-bond donors (Lipinski definition) is 3. The zero-order valence-corrected chi connectivity index (χ0v) is 13.4. The van der Waals surface area contributed by atoms with Crippen molar-refractivity contribution in [2.24, 2.45) is 0 Å². The number of aliphatic hydroxyl groups excluding tert-OH is 1. The van der Waals surface area contributed by atoms with Crippen LogP contribution in [0.15, 0.2) is 30.3 Å². The van der Waals surface area contributed by atoms with Crippen molar-refractivity contribution in [3.63, 3.8) is 0 Å². The summed E-state index contributed by atoms with van der Waals surface area (Å²) in [4.78, 5) is 18.6. The molecule has 3 N–H and O–H groups in total. The van der Waals surface area contributed by atoms with Gasteiger partial charge < -0.3 is 10.4 Å². The van der Waals surface area contributed by atoms with E-state index < -0.39 is 6.10 Å². The lowest BCUT2D eigenvalue weighted by Gasteiger charge is -2.21. The van der Waals surface area contributed by atoms with E-state index in [1.165, 1.54) is 0 Å². The van der Waals surface area contributed by atoms with Crippen molar-refractivity contribution in [2.45, 2.75) is 37.5 Å². The van der Waals surface area contributed by atoms with Gasteiger partial charge in [0.15, 0.2) is 5.82 Å². The highest BCUT2D eigenvalue weighted by Gasteiger charge is 2.36. The van der Waals surface area contributed by atoms with Crippen molar-refractivity contribution in [1.82, 2.24) is 25.4 Å².